The van der Waals surface area contributed by atoms with Crippen LogP contribution in [0.3, 0.4) is 0 Å². The Kier molecular flexibility index (Phi) is 3.03. The average molecular weight is 313 g/mol. The number of aromatic hydroxyl groups is 1. The Labute approximate surface area is 134 Å². The maximum atomic E-state index is 12.2. The monoisotopic (exact) mass is 313 g/mol. The van der Waals surface area contributed by atoms with E-state index >= 15 is 0 Å². The number of carbonyl (C=O) groups excluding carboxylic acids is 1. The van der Waals surface area contributed by atoms with Gasteiger partial charge in [0.15, 0.2) is 17.3 Å². The van der Waals surface area contributed by atoms with Gasteiger partial charge in [-0.2, -0.15) is 0 Å². The highest BCUT2D eigenvalue weighted by molar-refractivity contribution is 6.05. The van der Waals surface area contributed by atoms with E-state index in [0.29, 0.717) is 11.5 Å². The second kappa shape index (κ2) is 4.86. The molecule has 1 aromatic carbocycles. The lowest BCUT2D eigenvalue weighted by Crippen LogP contribution is -2.47. The molecule has 0 aromatic heterocycles. The van der Waals surface area contributed by atoms with E-state index in [2.05, 4.69) is 4.90 Å². The van der Waals surface area contributed by atoms with Crippen LogP contribution in [0.5, 0.6) is 11.5 Å². The van der Waals surface area contributed by atoms with Crippen molar-refractivity contribution >= 4 is 5.78 Å². The summed E-state index contributed by atoms with van der Waals surface area (Å²) < 4.78 is 10.6. The van der Waals surface area contributed by atoms with Gasteiger partial charge < -0.3 is 14.6 Å². The quantitative estimate of drug-likeness (QED) is 0.903. The van der Waals surface area contributed by atoms with E-state index in [1.807, 2.05) is 12.1 Å². The molecule has 0 radical (unpaired) electrons. The van der Waals surface area contributed by atoms with E-state index in [9.17, 15) is 9.90 Å². The molecule has 1 saturated heterocycles. The minimum absolute atomic E-state index is 0.0761. The smallest absolute Gasteiger partial charge is 0.220 e. The second-order valence-corrected chi connectivity index (χ2v) is 6.18. The number of hydrogen-bond acceptors (Lipinski definition) is 5. The van der Waals surface area contributed by atoms with Crippen molar-refractivity contribution in [1.82, 2.24) is 4.90 Å². The van der Waals surface area contributed by atoms with Crippen LogP contribution in [0.4, 0.5) is 0 Å². The third kappa shape index (κ3) is 1.80. The van der Waals surface area contributed by atoms with Gasteiger partial charge in [0.1, 0.15) is 0 Å². The van der Waals surface area contributed by atoms with E-state index in [4.69, 9.17) is 9.47 Å². The molecule has 1 fully saturated rings. The summed E-state index contributed by atoms with van der Waals surface area (Å²) in [6.45, 7) is 1.80. The zero-order chi connectivity index (χ0) is 16.2. The van der Waals surface area contributed by atoms with E-state index in [1.165, 1.54) is 7.11 Å². The van der Waals surface area contributed by atoms with Crippen molar-refractivity contribution in [2.45, 2.75) is 18.4 Å². The first-order valence-corrected chi connectivity index (χ1v) is 7.78. The fraction of sp³-hybridized carbons (Fsp3) is 0.389. The third-order valence-corrected chi connectivity index (χ3v) is 5.21. The summed E-state index contributed by atoms with van der Waals surface area (Å²) in [5, 5.41) is 10.1. The zero-order valence-electron chi connectivity index (χ0n) is 13.3. The van der Waals surface area contributed by atoms with Gasteiger partial charge >= 0.3 is 0 Å². The van der Waals surface area contributed by atoms with Crippen LogP contribution in [0.2, 0.25) is 0 Å². The molecule has 120 valence electrons. The van der Waals surface area contributed by atoms with Gasteiger partial charge in [0, 0.05) is 13.1 Å². The number of rotatable bonds is 2. The molecule has 1 aromatic rings. The van der Waals surface area contributed by atoms with Crippen LogP contribution in [0, 0.1) is 0 Å². The number of phenols is 1. The van der Waals surface area contributed by atoms with E-state index < -0.39 is 5.54 Å². The third-order valence-electron chi connectivity index (χ3n) is 5.21. The van der Waals surface area contributed by atoms with Gasteiger partial charge in [-0.3, -0.25) is 9.69 Å². The van der Waals surface area contributed by atoms with Crippen LogP contribution in [0.25, 0.3) is 0 Å². The normalized spacial score (nSPS) is 25.9. The largest absolute Gasteiger partial charge is 0.504 e. The van der Waals surface area contributed by atoms with E-state index in [1.54, 1.807) is 19.3 Å². The summed E-state index contributed by atoms with van der Waals surface area (Å²) in [5.41, 5.74) is 2.81. The van der Waals surface area contributed by atoms with Crippen molar-refractivity contribution < 1.29 is 19.4 Å². The van der Waals surface area contributed by atoms with Crippen molar-refractivity contribution in [3.05, 3.63) is 46.7 Å². The Bertz CT molecular complexity index is 765. The number of benzene rings is 1. The number of nitrogens with zero attached hydrogens (tertiary/aromatic N) is 1. The fourth-order valence-electron chi connectivity index (χ4n) is 4.14. The highest BCUT2D eigenvalue weighted by atomic mass is 16.5. The molecule has 0 amide bonds. The standard InChI is InChI=1S/C18H19NO4/c1-22-16-9-13-11(7-14(16)20)3-5-19-6-4-12-8-15(21)17(23-2)10-18(12,13)19/h7-10,20H,3-6H2,1-2H3/t18-/m0/s1. The van der Waals surface area contributed by atoms with Crippen LogP contribution in [0.15, 0.2) is 35.6 Å². The first kappa shape index (κ1) is 14.3. The second-order valence-electron chi connectivity index (χ2n) is 6.18. The summed E-state index contributed by atoms with van der Waals surface area (Å²) in [6.07, 6.45) is 5.38. The summed E-state index contributed by atoms with van der Waals surface area (Å²) in [6, 6.07) is 3.68. The molecule has 3 aliphatic rings. The van der Waals surface area contributed by atoms with Gasteiger partial charge in [-0.25, -0.2) is 0 Å². The molecular formula is C18H19NO4. The number of phenolic OH excluding ortho intramolecular Hbond substituents is 1. The SMILES string of the molecule is COC1=C[C@@]23C(=CC1=O)CCN2CCc1cc(O)c(OC)cc13. The van der Waals surface area contributed by atoms with Gasteiger partial charge in [0.2, 0.25) is 5.78 Å². The fourth-order valence-corrected chi connectivity index (χ4v) is 4.14. The van der Waals surface area contributed by atoms with Gasteiger partial charge in [-0.05, 0) is 53.8 Å². The molecule has 1 N–H and O–H groups in total. The Balaban J connectivity index is 1.99. The Morgan fingerprint density at radius 1 is 1.17 bits per heavy atom. The van der Waals surface area contributed by atoms with Crippen molar-refractivity contribution in [3.63, 3.8) is 0 Å². The van der Waals surface area contributed by atoms with Gasteiger partial charge in [0.25, 0.3) is 0 Å². The van der Waals surface area contributed by atoms with Crippen molar-refractivity contribution in [3.8, 4) is 11.5 Å². The number of carbonyl (C=O) groups is 1. The molecule has 23 heavy (non-hydrogen) atoms. The summed E-state index contributed by atoms with van der Waals surface area (Å²) in [5.74, 6) is 0.909. The molecule has 1 atom stereocenters. The van der Waals surface area contributed by atoms with Crippen LogP contribution < -0.4 is 4.74 Å². The Hall–Kier alpha value is -2.27. The van der Waals surface area contributed by atoms with Crippen molar-refractivity contribution in [1.29, 1.82) is 0 Å². The Morgan fingerprint density at radius 2 is 1.96 bits per heavy atom. The molecule has 0 unspecified atom stereocenters. The van der Waals surface area contributed by atoms with Gasteiger partial charge in [-0.1, -0.05) is 0 Å². The maximum Gasteiger partial charge on any atom is 0.220 e. The maximum absolute atomic E-state index is 12.2. The van der Waals surface area contributed by atoms with E-state index in [-0.39, 0.29) is 11.5 Å². The lowest BCUT2D eigenvalue weighted by Gasteiger charge is -2.44. The molecular weight excluding hydrogens is 294 g/mol. The molecule has 4 rings (SSSR count). The molecule has 5 heteroatoms. The molecule has 5 nitrogen and oxygen atoms in total. The van der Waals surface area contributed by atoms with Crippen molar-refractivity contribution in [2.24, 2.45) is 0 Å². The lowest BCUT2D eigenvalue weighted by atomic mass is 9.74. The van der Waals surface area contributed by atoms with Gasteiger partial charge in [0.05, 0.1) is 19.8 Å². The first-order chi connectivity index (χ1) is 11.1. The number of allylic oxidation sites excluding steroid dienone is 1. The predicted molar refractivity (Wildman–Crippen MR) is 84.4 cm³/mol. The molecule has 0 saturated carbocycles. The highest BCUT2D eigenvalue weighted by Gasteiger charge is 2.50. The molecule has 0 bridgehead atoms. The summed E-state index contributed by atoms with van der Waals surface area (Å²) in [7, 11) is 3.07. The highest BCUT2D eigenvalue weighted by Crippen LogP contribution is 2.52. The number of methoxy groups -OCH3 is 2. The van der Waals surface area contributed by atoms with Crippen LogP contribution >= 0.6 is 0 Å². The summed E-state index contributed by atoms with van der Waals surface area (Å²) >= 11 is 0. The minimum atomic E-state index is -0.451. The van der Waals surface area contributed by atoms with Gasteiger partial charge in [-0.15, -0.1) is 0 Å². The Morgan fingerprint density at radius 3 is 2.70 bits per heavy atom. The molecule has 2 heterocycles. The van der Waals surface area contributed by atoms with Crippen LogP contribution in [-0.2, 0) is 21.5 Å². The minimum Gasteiger partial charge on any atom is -0.504 e. The average Bonchev–Trinajstić information content (AvgIpc) is 2.92. The van der Waals surface area contributed by atoms with Crippen molar-refractivity contribution in [2.75, 3.05) is 27.3 Å². The zero-order valence-corrected chi connectivity index (χ0v) is 13.3. The topological polar surface area (TPSA) is 59.0 Å². The number of fused-ring (bicyclic) bond motifs is 1. The number of hydrogen-bond donors (Lipinski definition) is 1. The van der Waals surface area contributed by atoms with Crippen LogP contribution in [0.1, 0.15) is 17.5 Å². The molecule has 1 aliphatic carbocycles. The first-order valence-electron chi connectivity index (χ1n) is 7.78. The lowest BCUT2D eigenvalue weighted by molar-refractivity contribution is -0.114. The molecule has 2 aliphatic heterocycles. The molecule has 1 spiro atoms. The van der Waals surface area contributed by atoms with E-state index in [0.717, 1.165) is 42.6 Å². The predicted octanol–water partition coefficient (Wildman–Crippen LogP) is 1.90. The summed E-state index contributed by atoms with van der Waals surface area (Å²) in [4.78, 5) is 14.6. The number of ketones is 1. The number of ether oxygens (including phenoxy) is 2. The van der Waals surface area contributed by atoms with Crippen LogP contribution in [-0.4, -0.2) is 43.1 Å².